The second-order valence-corrected chi connectivity index (χ2v) is 5.84. The molecular formula is C14H19NO7. The minimum absolute atomic E-state index is 0.116. The third-order valence-corrected chi connectivity index (χ3v) is 3.91. The van der Waals surface area contributed by atoms with Crippen molar-refractivity contribution in [2.75, 3.05) is 0 Å². The molecule has 1 fully saturated rings. The van der Waals surface area contributed by atoms with E-state index in [9.17, 15) is 24.6 Å². The van der Waals surface area contributed by atoms with E-state index in [1.807, 2.05) is 0 Å². The molecule has 1 amide bonds. The molecule has 122 valence electrons. The smallest absolute Gasteiger partial charge is 0.371 e. The number of carbonyl (C=O) groups is 3. The van der Waals surface area contributed by atoms with Crippen LogP contribution in [0.3, 0.4) is 0 Å². The molecule has 2 rings (SSSR count). The monoisotopic (exact) mass is 313 g/mol. The van der Waals surface area contributed by atoms with Crippen LogP contribution in [0.15, 0.2) is 11.3 Å². The van der Waals surface area contributed by atoms with Crippen LogP contribution in [0.2, 0.25) is 0 Å². The zero-order valence-electron chi connectivity index (χ0n) is 12.8. The Morgan fingerprint density at radius 3 is 2.32 bits per heavy atom. The Kier molecular flexibility index (Phi) is 4.25. The predicted octanol–water partition coefficient (Wildman–Crippen LogP) is 0.0658. The van der Waals surface area contributed by atoms with Crippen molar-refractivity contribution in [2.24, 2.45) is 11.8 Å². The molecule has 22 heavy (non-hydrogen) atoms. The number of aliphatic hydroxyl groups is 1. The number of aliphatic hydroxyl groups excluding tert-OH is 1. The van der Waals surface area contributed by atoms with Crippen LogP contribution in [0.25, 0.3) is 0 Å². The topological polar surface area (TPSA) is 113 Å². The summed E-state index contributed by atoms with van der Waals surface area (Å²) in [5, 5.41) is 19.0. The van der Waals surface area contributed by atoms with Gasteiger partial charge in [0, 0.05) is 5.92 Å². The van der Waals surface area contributed by atoms with E-state index in [4.69, 9.17) is 4.89 Å². The maximum Gasteiger partial charge on any atom is 0.371 e. The number of fused-ring (bicyclic) bond motifs is 1. The second-order valence-electron chi connectivity index (χ2n) is 5.84. The first-order valence-electron chi connectivity index (χ1n) is 7.04. The lowest BCUT2D eigenvalue weighted by atomic mass is 9.78. The Hall–Kier alpha value is -1.93. The molecule has 0 spiro atoms. The highest BCUT2D eigenvalue weighted by molar-refractivity contribution is 6.07. The molecule has 2 heterocycles. The fraction of sp³-hybridized carbons (Fsp3) is 0.643. The molecule has 0 aromatic rings. The summed E-state index contributed by atoms with van der Waals surface area (Å²) in [5.41, 5.74) is -0.508. The van der Waals surface area contributed by atoms with Crippen molar-refractivity contribution >= 4 is 17.8 Å². The second kappa shape index (κ2) is 5.69. The molecule has 2 N–H and O–H groups in total. The minimum Gasteiger partial charge on any atom is -0.477 e. The van der Waals surface area contributed by atoms with Gasteiger partial charge in [-0.3, -0.25) is 9.68 Å². The molecule has 8 heteroatoms. The van der Waals surface area contributed by atoms with Crippen molar-refractivity contribution in [1.82, 2.24) is 4.90 Å². The van der Waals surface area contributed by atoms with Gasteiger partial charge in [0.05, 0.1) is 29.7 Å². The van der Waals surface area contributed by atoms with Crippen LogP contribution in [0.1, 0.15) is 27.7 Å². The molecule has 4 atom stereocenters. The number of rotatable bonds is 5. The van der Waals surface area contributed by atoms with Crippen LogP contribution in [-0.2, 0) is 24.2 Å². The first-order chi connectivity index (χ1) is 10.2. The molecule has 0 aromatic carbocycles. The van der Waals surface area contributed by atoms with Crippen molar-refractivity contribution in [1.29, 1.82) is 0 Å². The van der Waals surface area contributed by atoms with Crippen LogP contribution in [-0.4, -0.2) is 51.2 Å². The van der Waals surface area contributed by atoms with Gasteiger partial charge >= 0.3 is 11.9 Å². The van der Waals surface area contributed by atoms with E-state index in [-0.39, 0.29) is 11.7 Å². The fourth-order valence-corrected chi connectivity index (χ4v) is 3.02. The molecule has 0 saturated carbocycles. The van der Waals surface area contributed by atoms with Gasteiger partial charge in [0.25, 0.3) is 0 Å². The number of hydrogen-bond donors (Lipinski definition) is 2. The first kappa shape index (κ1) is 16.4. The summed E-state index contributed by atoms with van der Waals surface area (Å²) in [6, 6.07) is -0.555. The number of nitrogens with zero attached hydrogens (tertiary/aromatic N) is 1. The fourth-order valence-electron chi connectivity index (χ4n) is 3.02. The lowest BCUT2D eigenvalue weighted by molar-refractivity contribution is -0.288. The molecule has 0 radical (unpaired) electrons. The number of β-lactam (4-membered cyclic amide) rings is 1. The molecule has 0 unspecified atom stereocenters. The Balaban J connectivity index is 2.33. The van der Waals surface area contributed by atoms with Crippen LogP contribution in [0.4, 0.5) is 0 Å². The summed E-state index contributed by atoms with van der Waals surface area (Å²) in [6.07, 6.45) is -1.30. The third kappa shape index (κ3) is 2.38. The molecule has 0 aromatic heterocycles. The summed E-state index contributed by atoms with van der Waals surface area (Å²) >= 11 is 0. The normalized spacial score (nSPS) is 28.5. The van der Waals surface area contributed by atoms with Crippen molar-refractivity contribution in [3.8, 4) is 0 Å². The van der Waals surface area contributed by atoms with Gasteiger partial charge in [0.15, 0.2) is 0 Å². The van der Waals surface area contributed by atoms with Gasteiger partial charge in [-0.2, -0.15) is 4.89 Å². The Morgan fingerprint density at radius 1 is 1.27 bits per heavy atom. The molecule has 0 aliphatic carbocycles. The van der Waals surface area contributed by atoms with Crippen LogP contribution >= 0.6 is 0 Å². The van der Waals surface area contributed by atoms with Gasteiger partial charge in [-0.05, 0) is 20.8 Å². The van der Waals surface area contributed by atoms with Gasteiger partial charge < -0.3 is 15.1 Å². The maximum atomic E-state index is 12.1. The van der Waals surface area contributed by atoms with E-state index in [1.54, 1.807) is 20.8 Å². The SMILES string of the molecule is CC(C)OOC(=O)C1=C(C(=O)O)N2C(=O)[C@H]([C@@H](C)O)[C@H]2[C@@H]1C. The average Bonchev–Trinajstić information content (AvgIpc) is 2.65. The summed E-state index contributed by atoms with van der Waals surface area (Å²) in [5.74, 6) is -4.10. The summed E-state index contributed by atoms with van der Waals surface area (Å²) < 4.78 is 0. The first-order valence-corrected chi connectivity index (χ1v) is 7.04. The number of carboxylic acid groups (broad SMARTS) is 1. The Bertz CT molecular complexity index is 551. The highest BCUT2D eigenvalue weighted by Crippen LogP contribution is 2.47. The summed E-state index contributed by atoms with van der Waals surface area (Å²) in [4.78, 5) is 46.1. The maximum absolute atomic E-state index is 12.1. The van der Waals surface area contributed by atoms with Gasteiger partial charge in [0.1, 0.15) is 5.70 Å². The number of carboxylic acids is 1. The zero-order valence-corrected chi connectivity index (χ0v) is 12.8. The third-order valence-electron chi connectivity index (χ3n) is 3.91. The lowest BCUT2D eigenvalue weighted by Crippen LogP contribution is -2.63. The van der Waals surface area contributed by atoms with Crippen molar-refractivity contribution in [2.45, 2.75) is 45.9 Å². The van der Waals surface area contributed by atoms with Crippen molar-refractivity contribution in [3.05, 3.63) is 11.3 Å². The minimum atomic E-state index is -1.39. The van der Waals surface area contributed by atoms with Crippen molar-refractivity contribution in [3.63, 3.8) is 0 Å². The van der Waals surface area contributed by atoms with E-state index in [0.717, 1.165) is 4.90 Å². The Labute approximate surface area is 127 Å². The highest BCUT2D eigenvalue weighted by atomic mass is 17.2. The molecule has 0 bridgehead atoms. The van der Waals surface area contributed by atoms with E-state index < -0.39 is 47.5 Å². The predicted molar refractivity (Wildman–Crippen MR) is 71.9 cm³/mol. The number of carbonyl (C=O) groups excluding carboxylic acids is 2. The average molecular weight is 313 g/mol. The quantitative estimate of drug-likeness (QED) is 0.419. The lowest BCUT2D eigenvalue weighted by Gasteiger charge is -2.46. The highest BCUT2D eigenvalue weighted by Gasteiger charge is 2.61. The number of aliphatic carboxylic acids is 1. The van der Waals surface area contributed by atoms with E-state index >= 15 is 0 Å². The van der Waals surface area contributed by atoms with Gasteiger partial charge in [-0.1, -0.05) is 6.92 Å². The molecular weight excluding hydrogens is 294 g/mol. The van der Waals surface area contributed by atoms with E-state index in [2.05, 4.69) is 4.89 Å². The van der Waals surface area contributed by atoms with Crippen LogP contribution in [0, 0.1) is 11.8 Å². The zero-order chi connectivity index (χ0) is 16.8. The van der Waals surface area contributed by atoms with Gasteiger partial charge in [0.2, 0.25) is 5.91 Å². The molecule has 1 saturated heterocycles. The number of hydrogen-bond acceptors (Lipinski definition) is 6. The van der Waals surface area contributed by atoms with E-state index in [1.165, 1.54) is 6.92 Å². The van der Waals surface area contributed by atoms with Crippen LogP contribution in [0.5, 0.6) is 0 Å². The van der Waals surface area contributed by atoms with E-state index in [0.29, 0.717) is 0 Å². The standard InChI is InChI=1S/C14H19NO7/c1-5(2)21-22-14(20)8-6(3)10-9(7(4)16)12(17)15(10)11(8)13(18)19/h5-7,9-10,16H,1-4H3,(H,18,19)/t6-,7-,9-,10-/m1/s1. The largest absolute Gasteiger partial charge is 0.477 e. The molecule has 8 nitrogen and oxygen atoms in total. The molecule has 2 aliphatic heterocycles. The van der Waals surface area contributed by atoms with Crippen molar-refractivity contribution < 1.29 is 34.4 Å². The summed E-state index contributed by atoms with van der Waals surface area (Å²) in [7, 11) is 0. The van der Waals surface area contributed by atoms with Gasteiger partial charge in [-0.15, -0.1) is 0 Å². The Morgan fingerprint density at radius 2 is 1.86 bits per heavy atom. The van der Waals surface area contributed by atoms with Crippen LogP contribution < -0.4 is 0 Å². The summed E-state index contributed by atoms with van der Waals surface area (Å²) in [6.45, 7) is 6.39. The van der Waals surface area contributed by atoms with Gasteiger partial charge in [-0.25, -0.2) is 9.59 Å². The molecule has 2 aliphatic rings. The number of amides is 1.